The van der Waals surface area contributed by atoms with Crippen LogP contribution >= 0.6 is 24.8 Å². The van der Waals surface area contributed by atoms with Crippen LogP contribution in [0.4, 0.5) is 17.1 Å². The largest absolute Gasteiger partial charge is 0.399 e. The first-order chi connectivity index (χ1) is 12.4. The molecule has 6 nitrogen and oxygen atoms in total. The number of hydrogen-bond donors (Lipinski definition) is 3. The van der Waals surface area contributed by atoms with Gasteiger partial charge in [0, 0.05) is 36.4 Å². The summed E-state index contributed by atoms with van der Waals surface area (Å²) in [7, 11) is 3.85. The number of benzene rings is 2. The number of nitrogens with one attached hydrogen (secondary N) is 2. The van der Waals surface area contributed by atoms with Crippen molar-refractivity contribution >= 4 is 53.7 Å². The quantitative estimate of drug-likeness (QED) is 0.562. The normalized spacial score (nSPS) is 9.82. The van der Waals surface area contributed by atoms with Crippen LogP contribution in [0, 0.1) is 0 Å². The fourth-order valence-corrected chi connectivity index (χ4v) is 2.42. The molecule has 0 aliphatic rings. The molecular formula is C20H28Cl2N4O2. The molecule has 0 atom stereocenters. The summed E-state index contributed by atoms with van der Waals surface area (Å²) in [5.74, 6) is -0.105. The molecule has 28 heavy (non-hydrogen) atoms. The lowest BCUT2D eigenvalue weighted by molar-refractivity contribution is -0.117. The summed E-state index contributed by atoms with van der Waals surface area (Å²) >= 11 is 0. The maximum atomic E-state index is 12.1. The summed E-state index contributed by atoms with van der Waals surface area (Å²) in [6.07, 6.45) is 1.39. The number of carbonyl (C=O) groups is 2. The third kappa shape index (κ3) is 9.08. The lowest BCUT2D eigenvalue weighted by atomic mass is 10.1. The highest BCUT2D eigenvalue weighted by Gasteiger charge is 2.06. The van der Waals surface area contributed by atoms with Gasteiger partial charge in [-0.2, -0.15) is 0 Å². The van der Waals surface area contributed by atoms with Gasteiger partial charge in [0.1, 0.15) is 0 Å². The number of hydrogen-bond acceptors (Lipinski definition) is 4. The smallest absolute Gasteiger partial charge is 0.225 e. The monoisotopic (exact) mass is 426 g/mol. The molecule has 2 rings (SSSR count). The molecule has 0 aliphatic carbocycles. The fraction of sp³-hybridized carbons (Fsp3) is 0.300. The van der Waals surface area contributed by atoms with E-state index in [4.69, 9.17) is 5.73 Å². The highest BCUT2D eigenvalue weighted by Crippen LogP contribution is 2.16. The van der Waals surface area contributed by atoms with Crippen molar-refractivity contribution in [2.24, 2.45) is 0 Å². The standard InChI is InChI=1S/C20H26N4O2.2ClH/c1-24(2)14-13-20(26)23-17-10-8-16(9-11-17)22-19(25)12-7-15-5-3-4-6-18(15)21;;/h3-6,8-11H,7,12-14,21H2,1-2H3,(H,22,25)(H,23,26);2*1H. The Bertz CT molecular complexity index is 752. The topological polar surface area (TPSA) is 87.5 Å². The Labute approximate surface area is 178 Å². The van der Waals surface area contributed by atoms with Gasteiger partial charge in [-0.3, -0.25) is 9.59 Å². The van der Waals surface area contributed by atoms with Crippen molar-refractivity contribution in [1.82, 2.24) is 4.90 Å². The first kappa shape index (κ1) is 25.7. The molecule has 0 unspecified atom stereocenters. The van der Waals surface area contributed by atoms with Crippen LogP contribution in [0.3, 0.4) is 0 Å². The Kier molecular flexibility index (Phi) is 11.9. The van der Waals surface area contributed by atoms with Gasteiger partial charge in [0.25, 0.3) is 0 Å². The molecule has 0 heterocycles. The zero-order chi connectivity index (χ0) is 18.9. The Morgan fingerprint density at radius 1 is 0.857 bits per heavy atom. The predicted molar refractivity (Wildman–Crippen MR) is 121 cm³/mol. The van der Waals surface area contributed by atoms with Crippen molar-refractivity contribution in [3.8, 4) is 0 Å². The minimum atomic E-state index is -0.0731. The van der Waals surface area contributed by atoms with E-state index in [1.807, 2.05) is 43.3 Å². The van der Waals surface area contributed by atoms with Crippen LogP contribution in [0.1, 0.15) is 18.4 Å². The number of rotatable bonds is 8. The average molecular weight is 427 g/mol. The van der Waals surface area contributed by atoms with E-state index in [0.717, 1.165) is 5.56 Å². The Balaban J connectivity index is 0.00000364. The molecule has 0 saturated heterocycles. The third-order valence-electron chi connectivity index (χ3n) is 3.91. The summed E-state index contributed by atoms with van der Waals surface area (Å²) in [6.45, 7) is 0.700. The van der Waals surface area contributed by atoms with Gasteiger partial charge in [-0.05, 0) is 56.4 Å². The second kappa shape index (κ2) is 13.0. The molecular weight excluding hydrogens is 399 g/mol. The van der Waals surface area contributed by atoms with Crippen LogP contribution in [-0.4, -0.2) is 37.4 Å². The van der Waals surface area contributed by atoms with Crippen molar-refractivity contribution in [2.75, 3.05) is 37.0 Å². The number of amides is 2. The number of anilines is 3. The van der Waals surface area contributed by atoms with Crippen LogP contribution in [0.15, 0.2) is 48.5 Å². The number of carbonyl (C=O) groups excluding carboxylic acids is 2. The second-order valence-electron chi connectivity index (χ2n) is 6.43. The van der Waals surface area contributed by atoms with Crippen molar-refractivity contribution in [3.63, 3.8) is 0 Å². The molecule has 0 aliphatic heterocycles. The molecule has 0 spiro atoms. The van der Waals surface area contributed by atoms with E-state index in [9.17, 15) is 9.59 Å². The van der Waals surface area contributed by atoms with E-state index >= 15 is 0 Å². The van der Waals surface area contributed by atoms with Crippen molar-refractivity contribution in [3.05, 3.63) is 54.1 Å². The SMILES string of the molecule is CN(C)CCC(=O)Nc1ccc(NC(=O)CCc2ccccc2N)cc1.Cl.Cl. The Hall–Kier alpha value is -2.28. The minimum Gasteiger partial charge on any atom is -0.399 e. The number of aryl methyl sites for hydroxylation is 1. The molecule has 0 radical (unpaired) electrons. The number of para-hydroxylation sites is 1. The van der Waals surface area contributed by atoms with Crippen LogP contribution in [0.5, 0.6) is 0 Å². The van der Waals surface area contributed by atoms with Crippen molar-refractivity contribution < 1.29 is 9.59 Å². The van der Waals surface area contributed by atoms with Gasteiger partial charge in [0.05, 0.1) is 0 Å². The highest BCUT2D eigenvalue weighted by molar-refractivity contribution is 5.93. The summed E-state index contributed by atoms with van der Waals surface area (Å²) in [6, 6.07) is 14.6. The lowest BCUT2D eigenvalue weighted by Gasteiger charge is -2.10. The molecule has 8 heteroatoms. The summed E-state index contributed by atoms with van der Waals surface area (Å²) < 4.78 is 0. The zero-order valence-electron chi connectivity index (χ0n) is 16.1. The van der Waals surface area contributed by atoms with Gasteiger partial charge >= 0.3 is 0 Å². The van der Waals surface area contributed by atoms with Crippen molar-refractivity contribution in [2.45, 2.75) is 19.3 Å². The molecule has 0 bridgehead atoms. The lowest BCUT2D eigenvalue weighted by Crippen LogP contribution is -2.20. The average Bonchev–Trinajstić information content (AvgIpc) is 2.61. The van der Waals surface area contributed by atoms with Crippen LogP contribution in [0.25, 0.3) is 0 Å². The highest BCUT2D eigenvalue weighted by atomic mass is 35.5. The Morgan fingerprint density at radius 2 is 1.36 bits per heavy atom. The van der Waals surface area contributed by atoms with Gasteiger partial charge in [-0.1, -0.05) is 18.2 Å². The molecule has 154 valence electrons. The van der Waals surface area contributed by atoms with Crippen LogP contribution in [0.2, 0.25) is 0 Å². The van der Waals surface area contributed by atoms with Gasteiger partial charge in [-0.15, -0.1) is 24.8 Å². The number of nitrogen functional groups attached to an aromatic ring is 1. The zero-order valence-corrected chi connectivity index (χ0v) is 17.7. The molecule has 0 fully saturated rings. The number of halogens is 2. The van der Waals surface area contributed by atoms with E-state index in [2.05, 4.69) is 10.6 Å². The Morgan fingerprint density at radius 3 is 1.86 bits per heavy atom. The van der Waals surface area contributed by atoms with E-state index in [1.54, 1.807) is 24.3 Å². The van der Waals surface area contributed by atoms with Crippen molar-refractivity contribution in [1.29, 1.82) is 0 Å². The van der Waals surface area contributed by atoms with E-state index < -0.39 is 0 Å². The van der Waals surface area contributed by atoms with Gasteiger partial charge < -0.3 is 21.3 Å². The van der Waals surface area contributed by atoms with E-state index in [1.165, 1.54) is 0 Å². The second-order valence-corrected chi connectivity index (χ2v) is 6.43. The number of nitrogens with zero attached hydrogens (tertiary/aromatic N) is 1. The summed E-state index contributed by atoms with van der Waals surface area (Å²) in [5, 5.41) is 5.69. The third-order valence-corrected chi connectivity index (χ3v) is 3.91. The molecule has 0 saturated carbocycles. The first-order valence-corrected chi connectivity index (χ1v) is 8.62. The predicted octanol–water partition coefficient (Wildman–Crippen LogP) is 3.57. The van der Waals surface area contributed by atoms with E-state index in [-0.39, 0.29) is 36.6 Å². The van der Waals surface area contributed by atoms with Crippen LogP contribution in [-0.2, 0) is 16.0 Å². The minimum absolute atomic E-state index is 0. The molecule has 2 aromatic carbocycles. The maximum Gasteiger partial charge on any atom is 0.225 e. The van der Waals surface area contributed by atoms with Gasteiger partial charge in [-0.25, -0.2) is 0 Å². The molecule has 4 N–H and O–H groups in total. The summed E-state index contributed by atoms with van der Waals surface area (Å²) in [4.78, 5) is 25.9. The maximum absolute atomic E-state index is 12.1. The van der Waals surface area contributed by atoms with E-state index in [0.29, 0.717) is 42.9 Å². The molecule has 2 aromatic rings. The van der Waals surface area contributed by atoms with Crippen LogP contribution < -0.4 is 16.4 Å². The molecule has 0 aromatic heterocycles. The first-order valence-electron chi connectivity index (χ1n) is 8.62. The fourth-order valence-electron chi connectivity index (χ4n) is 2.42. The molecule has 2 amide bonds. The summed E-state index contributed by atoms with van der Waals surface area (Å²) in [5.41, 5.74) is 8.97. The number of nitrogens with two attached hydrogens (primary N) is 1. The van der Waals surface area contributed by atoms with Gasteiger partial charge in [0.15, 0.2) is 0 Å². The van der Waals surface area contributed by atoms with Gasteiger partial charge in [0.2, 0.25) is 11.8 Å².